The Morgan fingerprint density at radius 1 is 0.946 bits per heavy atom. The molecule has 4 rings (SSSR count). The minimum Gasteiger partial charge on any atom is -0.493 e. The molecule has 0 unspecified atom stereocenters. The van der Waals surface area contributed by atoms with Gasteiger partial charge in [-0.25, -0.2) is 4.98 Å². The average Bonchev–Trinajstić information content (AvgIpc) is 3.26. The van der Waals surface area contributed by atoms with Crippen molar-refractivity contribution in [2.45, 2.75) is 39.7 Å². The van der Waals surface area contributed by atoms with Gasteiger partial charge in [-0.2, -0.15) is 0 Å². The Labute approximate surface area is 218 Å². The molecule has 1 aromatic heterocycles. The maximum absolute atomic E-state index is 12.5. The fourth-order valence-electron chi connectivity index (χ4n) is 4.34. The summed E-state index contributed by atoms with van der Waals surface area (Å²) in [6.07, 6.45) is 1.84. The summed E-state index contributed by atoms with van der Waals surface area (Å²) in [7, 11) is 3.18. The van der Waals surface area contributed by atoms with Crippen LogP contribution in [0.4, 0.5) is 0 Å². The first-order valence-electron chi connectivity index (χ1n) is 12.6. The molecule has 0 saturated carbocycles. The molecule has 3 aromatic carbocycles. The van der Waals surface area contributed by atoms with E-state index < -0.39 is 0 Å². The molecule has 0 radical (unpaired) electrons. The van der Waals surface area contributed by atoms with Crippen LogP contribution in [0.3, 0.4) is 0 Å². The number of para-hydroxylation sites is 2. The zero-order valence-corrected chi connectivity index (χ0v) is 22.0. The molecule has 1 amide bonds. The Kier molecular flexibility index (Phi) is 8.67. The smallest absolute Gasteiger partial charge is 0.224 e. The molecule has 0 aliphatic carbocycles. The number of carbonyl (C=O) groups is 1. The number of hydrogen-bond donors (Lipinski definition) is 1. The molecule has 1 N–H and O–H groups in total. The van der Waals surface area contributed by atoms with Crippen LogP contribution in [-0.2, 0) is 24.2 Å². The van der Waals surface area contributed by atoms with E-state index in [4.69, 9.17) is 19.2 Å². The van der Waals surface area contributed by atoms with E-state index in [1.165, 1.54) is 11.1 Å². The molecule has 0 aliphatic rings. The van der Waals surface area contributed by atoms with Gasteiger partial charge in [0.25, 0.3) is 0 Å². The zero-order chi connectivity index (χ0) is 26.2. The highest BCUT2D eigenvalue weighted by Crippen LogP contribution is 2.27. The van der Waals surface area contributed by atoms with Gasteiger partial charge in [0.2, 0.25) is 5.91 Å². The van der Waals surface area contributed by atoms with Crippen molar-refractivity contribution >= 4 is 16.9 Å². The number of benzene rings is 3. The Morgan fingerprint density at radius 3 is 2.54 bits per heavy atom. The summed E-state index contributed by atoms with van der Waals surface area (Å²) in [6.45, 7) is 6.03. The number of rotatable bonds is 12. The SMILES string of the molecule is COc1ccc(CC(=O)NCCCc2nc3ccccc3n2CCOc2ccc(C)c(C)c2)cc1OC. The third-order valence-corrected chi connectivity index (χ3v) is 6.51. The third kappa shape index (κ3) is 6.61. The summed E-state index contributed by atoms with van der Waals surface area (Å²) in [4.78, 5) is 17.3. The molecule has 0 bridgehead atoms. The van der Waals surface area contributed by atoms with Gasteiger partial charge in [-0.05, 0) is 73.4 Å². The van der Waals surface area contributed by atoms with Crippen LogP contribution in [0.15, 0.2) is 60.7 Å². The van der Waals surface area contributed by atoms with Crippen LogP contribution in [0.1, 0.15) is 28.9 Å². The number of aryl methyl sites for hydroxylation is 3. The van der Waals surface area contributed by atoms with Crippen molar-refractivity contribution in [1.82, 2.24) is 14.9 Å². The number of aromatic nitrogens is 2. The molecule has 194 valence electrons. The second-order valence-electron chi connectivity index (χ2n) is 9.08. The van der Waals surface area contributed by atoms with Gasteiger partial charge in [-0.1, -0.05) is 24.3 Å². The van der Waals surface area contributed by atoms with E-state index in [-0.39, 0.29) is 12.3 Å². The minimum absolute atomic E-state index is 0.0254. The standard InChI is InChI=1S/C30H35N3O4/c1-21-11-13-24(18-22(21)2)37-17-16-33-26-9-6-5-8-25(26)32-29(33)10-7-15-31-30(34)20-23-12-14-27(35-3)28(19-23)36-4/h5-6,8-9,11-14,18-19H,7,10,15-17,20H2,1-4H3,(H,31,34). The number of ether oxygens (including phenoxy) is 3. The third-order valence-electron chi connectivity index (χ3n) is 6.51. The molecule has 7 heteroatoms. The minimum atomic E-state index is -0.0254. The second-order valence-corrected chi connectivity index (χ2v) is 9.08. The number of imidazole rings is 1. The van der Waals surface area contributed by atoms with Gasteiger partial charge in [0.05, 0.1) is 38.2 Å². The lowest BCUT2D eigenvalue weighted by Gasteiger charge is -2.12. The second kappa shape index (κ2) is 12.3. The van der Waals surface area contributed by atoms with Crippen LogP contribution in [0, 0.1) is 13.8 Å². The summed E-state index contributed by atoms with van der Waals surface area (Å²) in [5.41, 5.74) is 5.42. The molecule has 1 heterocycles. The molecule has 7 nitrogen and oxygen atoms in total. The van der Waals surface area contributed by atoms with E-state index in [9.17, 15) is 4.79 Å². The van der Waals surface area contributed by atoms with E-state index in [0.717, 1.165) is 41.0 Å². The summed E-state index contributed by atoms with van der Waals surface area (Å²) in [5, 5.41) is 3.02. The summed E-state index contributed by atoms with van der Waals surface area (Å²) in [6, 6.07) is 19.9. The molecule has 0 spiro atoms. The predicted octanol–water partition coefficient (Wildman–Crippen LogP) is 5.04. The van der Waals surface area contributed by atoms with Crippen LogP contribution < -0.4 is 19.5 Å². The topological polar surface area (TPSA) is 74.6 Å². The quantitative estimate of drug-likeness (QED) is 0.275. The summed E-state index contributed by atoms with van der Waals surface area (Å²) < 4.78 is 18.9. The van der Waals surface area contributed by atoms with Crippen molar-refractivity contribution < 1.29 is 19.0 Å². The van der Waals surface area contributed by atoms with Crippen LogP contribution in [0.5, 0.6) is 17.2 Å². The molecule has 37 heavy (non-hydrogen) atoms. The van der Waals surface area contributed by atoms with Crippen molar-refractivity contribution in [3.05, 3.63) is 83.2 Å². The fraction of sp³-hybridized carbons (Fsp3) is 0.333. The molecule has 0 saturated heterocycles. The molecule has 4 aromatic rings. The van der Waals surface area contributed by atoms with Crippen molar-refractivity contribution in [2.75, 3.05) is 27.4 Å². The first-order chi connectivity index (χ1) is 18.0. The Bertz CT molecular complexity index is 1360. The van der Waals surface area contributed by atoms with Gasteiger partial charge in [0, 0.05) is 13.0 Å². The number of amides is 1. The highest BCUT2D eigenvalue weighted by molar-refractivity contribution is 5.79. The lowest BCUT2D eigenvalue weighted by atomic mass is 10.1. The van der Waals surface area contributed by atoms with Crippen molar-refractivity contribution in [1.29, 1.82) is 0 Å². The Balaban J connectivity index is 1.32. The molecule has 0 aliphatic heterocycles. The number of methoxy groups -OCH3 is 2. The maximum Gasteiger partial charge on any atom is 0.224 e. The first-order valence-corrected chi connectivity index (χ1v) is 12.6. The lowest BCUT2D eigenvalue weighted by molar-refractivity contribution is -0.120. The zero-order valence-electron chi connectivity index (χ0n) is 22.0. The van der Waals surface area contributed by atoms with Crippen LogP contribution >= 0.6 is 0 Å². The summed E-state index contributed by atoms with van der Waals surface area (Å²) in [5.74, 6) is 3.12. The van der Waals surface area contributed by atoms with Crippen molar-refractivity contribution in [3.63, 3.8) is 0 Å². The van der Waals surface area contributed by atoms with Gasteiger partial charge < -0.3 is 24.1 Å². The average molecular weight is 502 g/mol. The summed E-state index contributed by atoms with van der Waals surface area (Å²) >= 11 is 0. The highest BCUT2D eigenvalue weighted by Gasteiger charge is 2.12. The lowest BCUT2D eigenvalue weighted by Crippen LogP contribution is -2.26. The van der Waals surface area contributed by atoms with Crippen LogP contribution in [0.25, 0.3) is 11.0 Å². The van der Waals surface area contributed by atoms with Gasteiger partial charge in [-0.15, -0.1) is 0 Å². The van der Waals surface area contributed by atoms with E-state index in [2.05, 4.69) is 41.9 Å². The van der Waals surface area contributed by atoms with E-state index in [1.807, 2.05) is 42.5 Å². The molecular formula is C30H35N3O4. The Morgan fingerprint density at radius 2 is 1.76 bits per heavy atom. The molecule has 0 fully saturated rings. The van der Waals surface area contributed by atoms with Gasteiger partial charge in [-0.3, -0.25) is 4.79 Å². The monoisotopic (exact) mass is 501 g/mol. The first kappa shape index (κ1) is 26.1. The number of carbonyl (C=O) groups excluding carboxylic acids is 1. The van der Waals surface area contributed by atoms with Gasteiger partial charge in [0.15, 0.2) is 11.5 Å². The largest absolute Gasteiger partial charge is 0.493 e. The van der Waals surface area contributed by atoms with Crippen LogP contribution in [0.2, 0.25) is 0 Å². The predicted molar refractivity (Wildman–Crippen MR) is 146 cm³/mol. The van der Waals surface area contributed by atoms with Crippen LogP contribution in [-0.4, -0.2) is 42.8 Å². The normalized spacial score (nSPS) is 10.9. The van der Waals surface area contributed by atoms with E-state index >= 15 is 0 Å². The number of fused-ring (bicyclic) bond motifs is 1. The molecule has 0 atom stereocenters. The number of hydrogen-bond acceptors (Lipinski definition) is 5. The van der Waals surface area contributed by atoms with E-state index in [0.29, 0.717) is 31.2 Å². The van der Waals surface area contributed by atoms with Gasteiger partial charge in [0.1, 0.15) is 18.2 Å². The van der Waals surface area contributed by atoms with Crippen molar-refractivity contribution in [3.8, 4) is 17.2 Å². The van der Waals surface area contributed by atoms with Crippen molar-refractivity contribution in [2.24, 2.45) is 0 Å². The fourth-order valence-corrected chi connectivity index (χ4v) is 4.34. The highest BCUT2D eigenvalue weighted by atomic mass is 16.5. The van der Waals surface area contributed by atoms with Gasteiger partial charge >= 0.3 is 0 Å². The number of nitrogens with one attached hydrogen (secondary N) is 1. The maximum atomic E-state index is 12.5. The Hall–Kier alpha value is -4.00. The molecular weight excluding hydrogens is 466 g/mol. The number of nitrogens with zero attached hydrogens (tertiary/aromatic N) is 2. The van der Waals surface area contributed by atoms with E-state index in [1.54, 1.807) is 14.2 Å².